The molecule has 1 amide bonds. The van der Waals surface area contributed by atoms with Gasteiger partial charge in [0, 0.05) is 17.9 Å². The quantitative estimate of drug-likeness (QED) is 0.791. The van der Waals surface area contributed by atoms with Crippen LogP contribution in [0.1, 0.15) is 15.9 Å². The molecular weight excluding hydrogens is 295 g/mol. The summed E-state index contributed by atoms with van der Waals surface area (Å²) in [7, 11) is 0. The van der Waals surface area contributed by atoms with E-state index in [9.17, 15) is 22.8 Å². The Balaban J connectivity index is 2.42. The lowest BCUT2D eigenvalue weighted by Crippen LogP contribution is -2.26. The number of aliphatic carboxylic acids is 1. The first-order valence-electron chi connectivity index (χ1n) is 5.55. The molecule has 0 bridgehead atoms. The van der Waals surface area contributed by atoms with Crippen LogP contribution < -0.4 is 5.32 Å². The number of carbonyl (C=O) groups is 2. The highest BCUT2D eigenvalue weighted by molar-refractivity contribution is 7.99. The SMILES string of the molecule is O=C(O)CSCCNC(=O)c1ccc(C(F)(F)F)cc1. The van der Waals surface area contributed by atoms with Crippen LogP contribution in [-0.2, 0) is 11.0 Å². The molecule has 1 rings (SSSR count). The first-order chi connectivity index (χ1) is 9.30. The summed E-state index contributed by atoms with van der Waals surface area (Å²) < 4.78 is 37.0. The molecule has 0 heterocycles. The van der Waals surface area contributed by atoms with Crippen molar-refractivity contribution in [1.29, 1.82) is 0 Å². The predicted molar refractivity (Wildman–Crippen MR) is 68.7 cm³/mol. The molecule has 110 valence electrons. The standard InChI is InChI=1S/C12H12F3NO3S/c13-12(14,15)9-3-1-8(2-4-9)11(19)16-5-6-20-7-10(17)18/h1-4H,5-7H2,(H,16,19)(H,17,18). The molecule has 4 nitrogen and oxygen atoms in total. The van der Waals surface area contributed by atoms with Crippen LogP contribution in [0.15, 0.2) is 24.3 Å². The van der Waals surface area contributed by atoms with E-state index in [0.29, 0.717) is 5.75 Å². The second-order valence-electron chi connectivity index (χ2n) is 3.78. The Hall–Kier alpha value is -1.70. The molecule has 0 radical (unpaired) electrons. The van der Waals surface area contributed by atoms with Gasteiger partial charge in [-0.3, -0.25) is 9.59 Å². The minimum Gasteiger partial charge on any atom is -0.481 e. The monoisotopic (exact) mass is 307 g/mol. The van der Waals surface area contributed by atoms with Crippen LogP contribution in [0.5, 0.6) is 0 Å². The Morgan fingerprint density at radius 1 is 1.20 bits per heavy atom. The zero-order valence-corrected chi connectivity index (χ0v) is 11.1. The predicted octanol–water partition coefficient (Wildman–Crippen LogP) is 2.25. The molecule has 1 aromatic carbocycles. The maximum absolute atomic E-state index is 12.3. The van der Waals surface area contributed by atoms with Gasteiger partial charge in [-0.15, -0.1) is 11.8 Å². The van der Waals surface area contributed by atoms with E-state index in [0.717, 1.165) is 36.0 Å². The fourth-order valence-corrected chi connectivity index (χ4v) is 1.87. The van der Waals surface area contributed by atoms with Gasteiger partial charge in [-0.1, -0.05) is 0 Å². The number of carboxylic acid groups (broad SMARTS) is 1. The van der Waals surface area contributed by atoms with Crippen LogP contribution in [0.3, 0.4) is 0 Å². The van der Waals surface area contributed by atoms with E-state index in [4.69, 9.17) is 5.11 Å². The van der Waals surface area contributed by atoms with Crippen molar-refractivity contribution < 1.29 is 27.9 Å². The summed E-state index contributed by atoms with van der Waals surface area (Å²) in [5.41, 5.74) is -0.688. The molecule has 0 unspecified atom stereocenters. The van der Waals surface area contributed by atoms with Crippen LogP contribution >= 0.6 is 11.8 Å². The number of hydrogen-bond acceptors (Lipinski definition) is 3. The lowest BCUT2D eigenvalue weighted by molar-refractivity contribution is -0.137. The van der Waals surface area contributed by atoms with E-state index in [2.05, 4.69) is 5.32 Å². The highest BCUT2D eigenvalue weighted by Gasteiger charge is 2.30. The smallest absolute Gasteiger partial charge is 0.416 e. The molecule has 0 saturated carbocycles. The normalized spacial score (nSPS) is 11.2. The first kappa shape index (κ1) is 16.4. The summed E-state index contributed by atoms with van der Waals surface area (Å²) in [6.07, 6.45) is -4.43. The molecular formula is C12H12F3NO3S. The van der Waals surface area contributed by atoms with E-state index in [1.165, 1.54) is 0 Å². The molecule has 1 aromatic rings. The maximum atomic E-state index is 12.3. The number of nitrogens with one attached hydrogen (secondary N) is 1. The van der Waals surface area contributed by atoms with Gasteiger partial charge < -0.3 is 10.4 Å². The number of benzene rings is 1. The van der Waals surface area contributed by atoms with E-state index in [1.54, 1.807) is 0 Å². The van der Waals surface area contributed by atoms with Gasteiger partial charge in [0.15, 0.2) is 0 Å². The summed E-state index contributed by atoms with van der Waals surface area (Å²) in [6, 6.07) is 3.88. The van der Waals surface area contributed by atoms with Crippen molar-refractivity contribution >= 4 is 23.6 Å². The van der Waals surface area contributed by atoms with Gasteiger partial charge in [0.2, 0.25) is 0 Å². The van der Waals surface area contributed by atoms with Gasteiger partial charge in [-0.25, -0.2) is 0 Å². The van der Waals surface area contributed by atoms with Gasteiger partial charge in [0.25, 0.3) is 5.91 Å². The van der Waals surface area contributed by atoms with Gasteiger partial charge >= 0.3 is 12.1 Å². The molecule has 0 spiro atoms. The highest BCUT2D eigenvalue weighted by Crippen LogP contribution is 2.28. The molecule has 2 N–H and O–H groups in total. The van der Waals surface area contributed by atoms with Gasteiger partial charge in [0.05, 0.1) is 11.3 Å². The van der Waals surface area contributed by atoms with Crippen molar-refractivity contribution in [3.8, 4) is 0 Å². The average molecular weight is 307 g/mol. The maximum Gasteiger partial charge on any atom is 0.416 e. The topological polar surface area (TPSA) is 66.4 Å². The number of hydrogen-bond donors (Lipinski definition) is 2. The second kappa shape index (κ2) is 7.18. The van der Waals surface area contributed by atoms with Crippen molar-refractivity contribution in [2.45, 2.75) is 6.18 Å². The van der Waals surface area contributed by atoms with Gasteiger partial charge in [-0.05, 0) is 24.3 Å². The van der Waals surface area contributed by atoms with Crippen LogP contribution in [0, 0.1) is 0 Å². The summed E-state index contributed by atoms with van der Waals surface area (Å²) in [5.74, 6) is -1.08. The summed E-state index contributed by atoms with van der Waals surface area (Å²) >= 11 is 1.14. The first-order valence-corrected chi connectivity index (χ1v) is 6.71. The molecule has 0 atom stereocenters. The number of amides is 1. The Morgan fingerprint density at radius 2 is 1.80 bits per heavy atom. The van der Waals surface area contributed by atoms with Crippen molar-refractivity contribution in [2.24, 2.45) is 0 Å². The van der Waals surface area contributed by atoms with Crippen molar-refractivity contribution in [1.82, 2.24) is 5.32 Å². The molecule has 0 fully saturated rings. The number of rotatable bonds is 6. The second-order valence-corrected chi connectivity index (χ2v) is 4.88. The lowest BCUT2D eigenvalue weighted by atomic mass is 10.1. The average Bonchev–Trinajstić information content (AvgIpc) is 2.37. The molecule has 20 heavy (non-hydrogen) atoms. The Kier molecular flexibility index (Phi) is 5.87. The van der Waals surface area contributed by atoms with E-state index in [-0.39, 0.29) is 17.9 Å². The third-order valence-electron chi connectivity index (χ3n) is 2.23. The lowest BCUT2D eigenvalue weighted by Gasteiger charge is -2.08. The van der Waals surface area contributed by atoms with E-state index in [1.807, 2.05) is 0 Å². The Bertz CT molecular complexity index is 474. The van der Waals surface area contributed by atoms with Crippen LogP contribution in [-0.4, -0.2) is 35.0 Å². The zero-order valence-electron chi connectivity index (χ0n) is 10.2. The van der Waals surface area contributed by atoms with Crippen LogP contribution in [0.4, 0.5) is 13.2 Å². The summed E-state index contributed by atoms with van der Waals surface area (Å²) in [6.45, 7) is 0.248. The third kappa shape index (κ3) is 5.52. The molecule has 0 aliphatic carbocycles. The number of alkyl halides is 3. The van der Waals surface area contributed by atoms with Crippen molar-refractivity contribution in [3.63, 3.8) is 0 Å². The minimum absolute atomic E-state index is 0.0594. The molecule has 0 saturated heterocycles. The molecule has 0 aliphatic rings. The Morgan fingerprint density at radius 3 is 2.30 bits per heavy atom. The molecule has 8 heteroatoms. The zero-order chi connectivity index (χ0) is 15.2. The number of carbonyl (C=O) groups excluding carboxylic acids is 1. The minimum atomic E-state index is -4.43. The van der Waals surface area contributed by atoms with Crippen molar-refractivity contribution in [2.75, 3.05) is 18.1 Å². The van der Waals surface area contributed by atoms with E-state index >= 15 is 0 Å². The largest absolute Gasteiger partial charge is 0.481 e. The Labute approximate surface area is 117 Å². The fraction of sp³-hybridized carbons (Fsp3) is 0.333. The molecule has 0 aliphatic heterocycles. The third-order valence-corrected chi connectivity index (χ3v) is 3.18. The molecule has 0 aromatic heterocycles. The van der Waals surface area contributed by atoms with Crippen LogP contribution in [0.2, 0.25) is 0 Å². The fourth-order valence-electron chi connectivity index (χ4n) is 1.31. The van der Waals surface area contributed by atoms with Crippen molar-refractivity contribution in [3.05, 3.63) is 35.4 Å². The summed E-state index contributed by atoms with van der Waals surface area (Å²) in [5, 5.41) is 10.9. The van der Waals surface area contributed by atoms with Gasteiger partial charge in [-0.2, -0.15) is 13.2 Å². The van der Waals surface area contributed by atoms with E-state index < -0.39 is 23.6 Å². The number of thioether (sulfide) groups is 1. The highest BCUT2D eigenvalue weighted by atomic mass is 32.2. The summed E-state index contributed by atoms with van der Waals surface area (Å²) in [4.78, 5) is 21.8. The number of halogens is 3. The van der Waals surface area contributed by atoms with Crippen LogP contribution in [0.25, 0.3) is 0 Å². The number of carboxylic acids is 1. The van der Waals surface area contributed by atoms with Gasteiger partial charge in [0.1, 0.15) is 0 Å².